The van der Waals surface area contributed by atoms with Crippen molar-refractivity contribution >= 4 is 17.7 Å². The molecular weight excluding hydrogens is 507 g/mol. The SMILES string of the molecule is N#C/C(=C\c1ccc(-c2cccc(C(F)(F)F)c2)o1)C(=O)Nc1cc(C(F)(F)F)cc(C(F)(F)F)c1. The summed E-state index contributed by atoms with van der Waals surface area (Å²) in [5.41, 5.74) is -5.90. The molecule has 1 aromatic heterocycles. The minimum atomic E-state index is -5.15. The van der Waals surface area contributed by atoms with Crippen LogP contribution in [-0.4, -0.2) is 5.91 Å². The second kappa shape index (κ2) is 9.44. The largest absolute Gasteiger partial charge is 0.457 e. The molecule has 0 atom stereocenters. The maximum absolute atomic E-state index is 13.0. The number of alkyl halides is 9. The summed E-state index contributed by atoms with van der Waals surface area (Å²) in [4.78, 5) is 12.4. The molecule has 0 aliphatic rings. The predicted octanol–water partition coefficient (Wildman–Crippen LogP) is 7.55. The molecule has 4 nitrogen and oxygen atoms in total. The summed E-state index contributed by atoms with van der Waals surface area (Å²) in [6.45, 7) is 0. The average molecular weight is 518 g/mol. The molecule has 0 bridgehead atoms. The molecule has 3 aromatic rings. The third-order valence-electron chi connectivity index (χ3n) is 4.60. The molecule has 0 saturated heterocycles. The van der Waals surface area contributed by atoms with E-state index in [1.807, 2.05) is 0 Å². The van der Waals surface area contributed by atoms with Gasteiger partial charge in [-0.1, -0.05) is 12.1 Å². The lowest BCUT2D eigenvalue weighted by Crippen LogP contribution is -2.16. The van der Waals surface area contributed by atoms with E-state index in [2.05, 4.69) is 0 Å². The van der Waals surface area contributed by atoms with Gasteiger partial charge >= 0.3 is 18.5 Å². The molecular formula is C23H11F9N2O2. The highest BCUT2D eigenvalue weighted by atomic mass is 19.4. The van der Waals surface area contributed by atoms with Crippen LogP contribution < -0.4 is 5.32 Å². The van der Waals surface area contributed by atoms with Crippen molar-refractivity contribution in [2.24, 2.45) is 0 Å². The maximum atomic E-state index is 13.0. The highest BCUT2D eigenvalue weighted by Gasteiger charge is 2.37. The van der Waals surface area contributed by atoms with E-state index >= 15 is 0 Å². The minimum absolute atomic E-state index is 0.0241. The molecule has 188 valence electrons. The van der Waals surface area contributed by atoms with E-state index in [4.69, 9.17) is 4.42 Å². The zero-order valence-corrected chi connectivity index (χ0v) is 17.4. The number of nitrogens with zero attached hydrogens (tertiary/aromatic N) is 1. The molecule has 0 aliphatic heterocycles. The van der Waals surface area contributed by atoms with Crippen LogP contribution in [-0.2, 0) is 23.3 Å². The second-order valence-corrected chi connectivity index (χ2v) is 7.20. The van der Waals surface area contributed by atoms with E-state index in [1.54, 1.807) is 5.32 Å². The van der Waals surface area contributed by atoms with Crippen molar-refractivity contribution in [3.05, 3.63) is 82.6 Å². The van der Waals surface area contributed by atoms with Crippen molar-refractivity contribution < 1.29 is 48.7 Å². The van der Waals surface area contributed by atoms with Gasteiger partial charge in [-0.2, -0.15) is 44.8 Å². The van der Waals surface area contributed by atoms with E-state index in [0.717, 1.165) is 24.3 Å². The van der Waals surface area contributed by atoms with Gasteiger partial charge in [-0.05, 0) is 42.5 Å². The Bertz CT molecular complexity index is 1330. The van der Waals surface area contributed by atoms with E-state index in [9.17, 15) is 49.6 Å². The van der Waals surface area contributed by atoms with Gasteiger partial charge in [-0.3, -0.25) is 4.79 Å². The van der Waals surface area contributed by atoms with E-state index in [-0.39, 0.29) is 35.3 Å². The number of nitrogens with one attached hydrogen (secondary N) is 1. The first-order valence-corrected chi connectivity index (χ1v) is 9.58. The molecule has 0 spiro atoms. The van der Waals surface area contributed by atoms with E-state index in [1.165, 1.54) is 24.3 Å². The van der Waals surface area contributed by atoms with Gasteiger partial charge in [0.1, 0.15) is 23.2 Å². The molecule has 0 saturated carbocycles. The van der Waals surface area contributed by atoms with Gasteiger partial charge in [0, 0.05) is 17.3 Å². The first kappa shape index (κ1) is 26.4. The lowest BCUT2D eigenvalue weighted by molar-refractivity contribution is -0.143. The zero-order chi connectivity index (χ0) is 26.9. The Balaban J connectivity index is 1.89. The summed E-state index contributed by atoms with van der Waals surface area (Å²) in [6.07, 6.45) is -14.1. The molecule has 36 heavy (non-hydrogen) atoms. The minimum Gasteiger partial charge on any atom is -0.457 e. The molecule has 1 amide bonds. The van der Waals surface area contributed by atoms with Crippen molar-refractivity contribution in [3.63, 3.8) is 0 Å². The normalized spacial score (nSPS) is 12.8. The van der Waals surface area contributed by atoms with E-state index < -0.39 is 52.4 Å². The quantitative estimate of drug-likeness (QED) is 0.220. The number of furan rings is 1. The van der Waals surface area contributed by atoms with Gasteiger partial charge < -0.3 is 9.73 Å². The van der Waals surface area contributed by atoms with Crippen LogP contribution in [0.3, 0.4) is 0 Å². The van der Waals surface area contributed by atoms with Gasteiger partial charge in [0.05, 0.1) is 16.7 Å². The van der Waals surface area contributed by atoms with Crippen LogP contribution in [0.1, 0.15) is 22.5 Å². The molecule has 0 radical (unpaired) electrons. The average Bonchev–Trinajstić information content (AvgIpc) is 3.24. The number of carbonyl (C=O) groups excluding carboxylic acids is 1. The van der Waals surface area contributed by atoms with Crippen molar-refractivity contribution in [2.75, 3.05) is 5.32 Å². The number of amides is 1. The lowest BCUT2D eigenvalue weighted by atomic mass is 10.1. The topological polar surface area (TPSA) is 66.0 Å². The number of halogens is 9. The fourth-order valence-electron chi connectivity index (χ4n) is 2.95. The number of hydrogen-bond acceptors (Lipinski definition) is 3. The Morgan fingerprint density at radius 1 is 0.806 bits per heavy atom. The highest BCUT2D eigenvalue weighted by molar-refractivity contribution is 6.09. The summed E-state index contributed by atoms with van der Waals surface area (Å²) >= 11 is 0. The molecule has 13 heteroatoms. The maximum Gasteiger partial charge on any atom is 0.416 e. The van der Waals surface area contributed by atoms with Crippen LogP contribution in [0.5, 0.6) is 0 Å². The number of nitriles is 1. The molecule has 0 unspecified atom stereocenters. The van der Waals surface area contributed by atoms with Crippen LogP contribution in [0, 0.1) is 11.3 Å². The third-order valence-corrected chi connectivity index (χ3v) is 4.60. The molecule has 0 fully saturated rings. The van der Waals surface area contributed by atoms with Crippen LogP contribution in [0.2, 0.25) is 0 Å². The van der Waals surface area contributed by atoms with Crippen LogP contribution in [0.25, 0.3) is 17.4 Å². The fourth-order valence-corrected chi connectivity index (χ4v) is 2.95. The molecule has 1 heterocycles. The molecule has 1 N–H and O–H groups in total. The van der Waals surface area contributed by atoms with Crippen LogP contribution in [0.4, 0.5) is 45.2 Å². The smallest absolute Gasteiger partial charge is 0.416 e. The van der Waals surface area contributed by atoms with Crippen LogP contribution >= 0.6 is 0 Å². The van der Waals surface area contributed by atoms with Gasteiger partial charge in [-0.25, -0.2) is 0 Å². The Hall–Kier alpha value is -4.21. The van der Waals surface area contributed by atoms with Gasteiger partial charge in [-0.15, -0.1) is 0 Å². The highest BCUT2D eigenvalue weighted by Crippen LogP contribution is 2.38. The number of rotatable bonds is 4. The number of hydrogen-bond donors (Lipinski definition) is 1. The summed E-state index contributed by atoms with van der Waals surface area (Å²) in [6, 6.07) is 8.36. The first-order chi connectivity index (χ1) is 16.6. The summed E-state index contributed by atoms with van der Waals surface area (Å²) in [5, 5.41) is 11.1. The molecule has 2 aromatic carbocycles. The lowest BCUT2D eigenvalue weighted by Gasteiger charge is -2.14. The summed E-state index contributed by atoms with van der Waals surface area (Å²) < 4.78 is 122. The Morgan fingerprint density at radius 3 is 1.92 bits per heavy atom. The third kappa shape index (κ3) is 6.26. The van der Waals surface area contributed by atoms with Crippen molar-refractivity contribution in [3.8, 4) is 17.4 Å². The van der Waals surface area contributed by atoms with Crippen molar-refractivity contribution in [2.45, 2.75) is 18.5 Å². The number of anilines is 1. The van der Waals surface area contributed by atoms with E-state index in [0.29, 0.717) is 0 Å². The molecule has 3 rings (SSSR count). The van der Waals surface area contributed by atoms with Crippen molar-refractivity contribution in [1.82, 2.24) is 0 Å². The Labute approximate surface area is 196 Å². The Morgan fingerprint density at radius 2 is 1.39 bits per heavy atom. The van der Waals surface area contributed by atoms with Crippen LogP contribution in [0.15, 0.2) is 64.6 Å². The summed E-state index contributed by atoms with van der Waals surface area (Å²) in [7, 11) is 0. The standard InChI is InChI=1S/C23H11F9N2O2/c24-21(25,26)14-3-1-2-12(6-14)19-5-4-18(36-19)7-13(11-33)20(35)34-17-9-15(22(27,28)29)8-16(10-17)23(30,31)32/h1-10H,(H,34,35)/b13-7+. The monoisotopic (exact) mass is 518 g/mol. The predicted molar refractivity (Wildman–Crippen MR) is 108 cm³/mol. The van der Waals surface area contributed by atoms with Gasteiger partial charge in [0.2, 0.25) is 0 Å². The number of benzene rings is 2. The second-order valence-electron chi connectivity index (χ2n) is 7.20. The number of carbonyl (C=O) groups is 1. The summed E-state index contributed by atoms with van der Waals surface area (Å²) in [5.74, 6) is -1.59. The van der Waals surface area contributed by atoms with Gasteiger partial charge in [0.25, 0.3) is 5.91 Å². The van der Waals surface area contributed by atoms with Gasteiger partial charge in [0.15, 0.2) is 0 Å². The first-order valence-electron chi connectivity index (χ1n) is 9.58. The molecule has 0 aliphatic carbocycles. The fraction of sp³-hybridized carbons (Fsp3) is 0.130. The van der Waals surface area contributed by atoms with Crippen molar-refractivity contribution in [1.29, 1.82) is 5.26 Å². The zero-order valence-electron chi connectivity index (χ0n) is 17.4. The Kier molecular flexibility index (Phi) is 6.92.